The first kappa shape index (κ1) is 24.3. The number of carbonyl (C=O) groups excluding carboxylic acids is 2. The smallest absolute Gasteiger partial charge is 0.254 e. The monoisotopic (exact) mass is 509 g/mol. The molecule has 1 aromatic carbocycles. The van der Waals surface area contributed by atoms with Gasteiger partial charge in [-0.2, -0.15) is 0 Å². The van der Waals surface area contributed by atoms with Crippen LogP contribution in [0.15, 0.2) is 18.2 Å². The van der Waals surface area contributed by atoms with E-state index in [0.717, 1.165) is 44.3 Å². The van der Waals surface area contributed by atoms with Crippen molar-refractivity contribution in [1.29, 1.82) is 0 Å². The van der Waals surface area contributed by atoms with Crippen LogP contribution in [0.3, 0.4) is 0 Å². The van der Waals surface area contributed by atoms with Crippen molar-refractivity contribution >= 4 is 35.0 Å². The predicted molar refractivity (Wildman–Crippen MR) is 130 cm³/mol. The second-order valence-corrected chi connectivity index (χ2v) is 11.0. The average molecular weight is 510 g/mol. The Morgan fingerprint density at radius 3 is 2.32 bits per heavy atom. The molecule has 9 heteroatoms. The van der Waals surface area contributed by atoms with Gasteiger partial charge in [0.15, 0.2) is 0 Å². The minimum atomic E-state index is -1.28. The normalized spacial score (nSPS) is 29.3. The molecule has 4 fully saturated rings. The van der Waals surface area contributed by atoms with Gasteiger partial charge in [0.2, 0.25) is 5.91 Å². The zero-order valence-electron chi connectivity index (χ0n) is 19.4. The number of hydrogen-bond acceptors (Lipinski definition) is 5. The number of nitrogens with zero attached hydrogens (tertiary/aromatic N) is 3. The van der Waals surface area contributed by atoms with Gasteiger partial charge in [-0.15, -0.1) is 0 Å². The molecule has 3 aliphatic heterocycles. The maximum absolute atomic E-state index is 13.6. The summed E-state index contributed by atoms with van der Waals surface area (Å²) in [5.41, 5.74) is -0.461. The molecule has 1 aliphatic carbocycles. The summed E-state index contributed by atoms with van der Waals surface area (Å²) in [5, 5.41) is 12.0. The third kappa shape index (κ3) is 4.58. The van der Waals surface area contributed by atoms with Crippen molar-refractivity contribution in [2.75, 3.05) is 39.4 Å². The summed E-state index contributed by atoms with van der Waals surface area (Å²) in [5.74, 6) is -0.173. The van der Waals surface area contributed by atoms with Crippen LogP contribution < -0.4 is 0 Å². The van der Waals surface area contributed by atoms with Crippen molar-refractivity contribution in [2.45, 2.75) is 68.7 Å². The Kier molecular flexibility index (Phi) is 7.11. The SMILES string of the molecule is O=C(Cc1ccc(Cl)c(Cl)c1)N1CCN(C(=O)C2(O)CCCC2)[C@@H]2COC[C@H](N3CCCC3)[C@H]21. The lowest BCUT2D eigenvalue weighted by molar-refractivity contribution is -0.174. The molecule has 2 amide bonds. The van der Waals surface area contributed by atoms with Gasteiger partial charge < -0.3 is 19.6 Å². The van der Waals surface area contributed by atoms with Crippen LogP contribution >= 0.6 is 23.2 Å². The fraction of sp³-hybridized carbons (Fsp3) is 0.680. The number of likely N-dealkylation sites (tertiary alicyclic amines) is 1. The Morgan fingerprint density at radius 2 is 1.62 bits per heavy atom. The van der Waals surface area contributed by atoms with Crippen molar-refractivity contribution < 1.29 is 19.4 Å². The minimum absolute atomic E-state index is 0.0196. The summed E-state index contributed by atoms with van der Waals surface area (Å²) in [4.78, 5) is 33.3. The van der Waals surface area contributed by atoms with Crippen LogP contribution in [0.1, 0.15) is 44.1 Å². The number of piperazine rings is 1. The first-order valence-corrected chi connectivity index (χ1v) is 13.2. The van der Waals surface area contributed by atoms with Gasteiger partial charge >= 0.3 is 0 Å². The van der Waals surface area contributed by atoms with Crippen LogP contribution in [0.5, 0.6) is 0 Å². The van der Waals surface area contributed by atoms with Crippen LogP contribution in [0.25, 0.3) is 0 Å². The average Bonchev–Trinajstić information content (AvgIpc) is 3.53. The fourth-order valence-corrected chi connectivity index (χ4v) is 6.61. The Hall–Kier alpha value is -1.38. The van der Waals surface area contributed by atoms with E-state index in [1.165, 1.54) is 0 Å². The third-order valence-electron chi connectivity index (χ3n) is 8.07. The molecule has 3 heterocycles. The summed E-state index contributed by atoms with van der Waals surface area (Å²) in [7, 11) is 0. The molecule has 0 bridgehead atoms. The number of amides is 2. The highest BCUT2D eigenvalue weighted by molar-refractivity contribution is 6.42. The molecule has 4 aliphatic rings. The minimum Gasteiger partial charge on any atom is -0.380 e. The molecule has 34 heavy (non-hydrogen) atoms. The molecule has 3 saturated heterocycles. The molecule has 7 nitrogen and oxygen atoms in total. The van der Waals surface area contributed by atoms with Gasteiger partial charge in [-0.1, -0.05) is 29.3 Å². The van der Waals surface area contributed by atoms with E-state index in [1.807, 2.05) is 15.9 Å². The summed E-state index contributed by atoms with van der Waals surface area (Å²) in [6, 6.07) is 4.91. The number of benzene rings is 1. The Labute approximate surface area is 210 Å². The van der Waals surface area contributed by atoms with E-state index in [-0.39, 0.29) is 36.4 Å². The molecule has 0 radical (unpaired) electrons. The van der Waals surface area contributed by atoms with Crippen LogP contribution in [0, 0.1) is 0 Å². The van der Waals surface area contributed by atoms with Crippen molar-refractivity contribution in [2.24, 2.45) is 0 Å². The van der Waals surface area contributed by atoms with Gasteiger partial charge in [0.1, 0.15) is 5.60 Å². The molecular weight excluding hydrogens is 477 g/mol. The number of halogens is 2. The molecule has 0 spiro atoms. The topological polar surface area (TPSA) is 73.3 Å². The summed E-state index contributed by atoms with van der Waals surface area (Å²) in [6.07, 6.45) is 5.25. The molecule has 0 unspecified atom stereocenters. The van der Waals surface area contributed by atoms with Crippen molar-refractivity contribution in [3.63, 3.8) is 0 Å². The van der Waals surface area contributed by atoms with Gasteiger partial charge in [-0.3, -0.25) is 14.5 Å². The molecular formula is C25H33Cl2N3O4. The second-order valence-electron chi connectivity index (χ2n) is 10.2. The zero-order chi connectivity index (χ0) is 23.9. The molecule has 5 rings (SSSR count). The van der Waals surface area contributed by atoms with Crippen molar-refractivity contribution in [3.8, 4) is 0 Å². The van der Waals surface area contributed by atoms with E-state index in [0.29, 0.717) is 49.2 Å². The number of carbonyl (C=O) groups is 2. The molecule has 1 aromatic rings. The quantitative estimate of drug-likeness (QED) is 0.675. The number of ether oxygens (including phenoxy) is 1. The van der Waals surface area contributed by atoms with E-state index in [4.69, 9.17) is 27.9 Å². The third-order valence-corrected chi connectivity index (χ3v) is 8.81. The predicted octanol–water partition coefficient (Wildman–Crippen LogP) is 2.74. The van der Waals surface area contributed by atoms with E-state index in [2.05, 4.69) is 4.90 Å². The van der Waals surface area contributed by atoms with Gasteiger partial charge in [0, 0.05) is 13.1 Å². The summed E-state index contributed by atoms with van der Waals surface area (Å²) < 4.78 is 6.03. The lowest BCUT2D eigenvalue weighted by Gasteiger charge is -2.55. The van der Waals surface area contributed by atoms with Crippen molar-refractivity contribution in [3.05, 3.63) is 33.8 Å². The highest BCUT2D eigenvalue weighted by Crippen LogP contribution is 2.36. The molecule has 3 atom stereocenters. The number of rotatable bonds is 4. The zero-order valence-corrected chi connectivity index (χ0v) is 20.9. The largest absolute Gasteiger partial charge is 0.380 e. The summed E-state index contributed by atoms with van der Waals surface area (Å²) >= 11 is 12.2. The highest BCUT2D eigenvalue weighted by Gasteiger charge is 2.52. The van der Waals surface area contributed by atoms with Crippen LogP contribution in [0.2, 0.25) is 10.0 Å². The van der Waals surface area contributed by atoms with E-state index < -0.39 is 5.60 Å². The highest BCUT2D eigenvalue weighted by atomic mass is 35.5. The lowest BCUT2D eigenvalue weighted by Crippen LogP contribution is -2.73. The lowest BCUT2D eigenvalue weighted by atomic mass is 9.89. The summed E-state index contributed by atoms with van der Waals surface area (Å²) in [6.45, 7) is 3.74. The molecule has 0 aromatic heterocycles. The van der Waals surface area contributed by atoms with Gasteiger partial charge in [0.25, 0.3) is 5.91 Å². The number of aliphatic hydroxyl groups is 1. The van der Waals surface area contributed by atoms with Crippen LogP contribution in [-0.2, 0) is 20.7 Å². The van der Waals surface area contributed by atoms with E-state index in [1.54, 1.807) is 12.1 Å². The van der Waals surface area contributed by atoms with Gasteiger partial charge in [0.05, 0.1) is 47.8 Å². The Bertz CT molecular complexity index is 933. The van der Waals surface area contributed by atoms with E-state index >= 15 is 0 Å². The first-order chi connectivity index (χ1) is 16.4. The Morgan fingerprint density at radius 1 is 0.941 bits per heavy atom. The van der Waals surface area contributed by atoms with Gasteiger partial charge in [-0.05, 0) is 69.3 Å². The fourth-order valence-electron chi connectivity index (χ4n) is 6.29. The van der Waals surface area contributed by atoms with Crippen LogP contribution in [0.4, 0.5) is 0 Å². The van der Waals surface area contributed by atoms with E-state index in [9.17, 15) is 14.7 Å². The molecule has 186 valence electrons. The maximum Gasteiger partial charge on any atom is 0.254 e. The Balaban J connectivity index is 1.41. The number of fused-ring (bicyclic) bond motifs is 1. The van der Waals surface area contributed by atoms with Gasteiger partial charge in [-0.25, -0.2) is 0 Å². The molecule has 1 saturated carbocycles. The van der Waals surface area contributed by atoms with Crippen LogP contribution in [-0.4, -0.2) is 94.7 Å². The maximum atomic E-state index is 13.6. The first-order valence-electron chi connectivity index (χ1n) is 12.5. The standard InChI is InChI=1S/C25H33Cl2N3O4/c26-18-6-5-17(13-19(18)27)14-22(31)30-12-11-29(24(32)25(33)7-1-2-8-25)21-16-34-15-20(23(21)30)28-9-3-4-10-28/h5-6,13,20-21,23,33H,1-4,7-12,14-16H2/t20-,21+,23+/m0/s1. The number of hydrogen-bond donors (Lipinski definition) is 1. The molecule has 1 N–H and O–H groups in total. The van der Waals surface area contributed by atoms with Crippen molar-refractivity contribution in [1.82, 2.24) is 14.7 Å². The second kappa shape index (κ2) is 9.94.